The number of nitrogens with one attached hydrogen (secondary N) is 1. The first-order valence-corrected chi connectivity index (χ1v) is 7.00. The average Bonchev–Trinajstić information content (AvgIpc) is 2.55. The Balaban J connectivity index is 2.42. The maximum atomic E-state index is 13.9. The van der Waals surface area contributed by atoms with E-state index in [1.54, 1.807) is 13.0 Å². The minimum absolute atomic E-state index is 0.0100. The molecule has 0 spiro atoms. The molecule has 8 heteroatoms. The predicted octanol–water partition coefficient (Wildman–Crippen LogP) is 1.89. The summed E-state index contributed by atoms with van der Waals surface area (Å²) in [6, 6.07) is 2.83. The van der Waals surface area contributed by atoms with Crippen molar-refractivity contribution in [3.8, 4) is 11.4 Å². The molecular formula is C15H16F3N3O2. The van der Waals surface area contributed by atoms with Gasteiger partial charge in [-0.1, -0.05) is 6.92 Å². The van der Waals surface area contributed by atoms with E-state index in [-0.39, 0.29) is 23.8 Å². The SMILES string of the molecule is CCc1cc(NCC(O)CO)nc(-c2cc(F)cc(F)c2F)n1. The maximum absolute atomic E-state index is 13.9. The highest BCUT2D eigenvalue weighted by molar-refractivity contribution is 5.59. The molecule has 1 heterocycles. The Labute approximate surface area is 130 Å². The van der Waals surface area contributed by atoms with Gasteiger partial charge >= 0.3 is 0 Å². The second-order valence-electron chi connectivity index (χ2n) is 4.89. The lowest BCUT2D eigenvalue weighted by Crippen LogP contribution is -2.23. The summed E-state index contributed by atoms with van der Waals surface area (Å²) in [4.78, 5) is 8.09. The number of aryl methyl sites for hydroxylation is 1. The molecule has 0 aliphatic rings. The lowest BCUT2D eigenvalue weighted by molar-refractivity contribution is 0.105. The van der Waals surface area contributed by atoms with E-state index in [2.05, 4.69) is 15.3 Å². The summed E-state index contributed by atoms with van der Waals surface area (Å²) in [6.45, 7) is 1.38. The minimum atomic E-state index is -1.32. The van der Waals surface area contributed by atoms with Crippen LogP contribution < -0.4 is 5.32 Å². The summed E-state index contributed by atoms with van der Waals surface area (Å²) in [7, 11) is 0. The fraction of sp³-hybridized carbons (Fsp3) is 0.333. The largest absolute Gasteiger partial charge is 0.394 e. The Kier molecular flexibility index (Phi) is 5.51. The molecule has 23 heavy (non-hydrogen) atoms. The number of aromatic nitrogens is 2. The molecule has 1 unspecified atom stereocenters. The highest BCUT2D eigenvalue weighted by Gasteiger charge is 2.16. The van der Waals surface area contributed by atoms with Crippen LogP contribution in [-0.4, -0.2) is 39.4 Å². The van der Waals surface area contributed by atoms with Gasteiger partial charge in [-0.2, -0.15) is 0 Å². The first kappa shape index (κ1) is 17.2. The summed E-state index contributed by atoms with van der Waals surface area (Å²) < 4.78 is 40.6. The van der Waals surface area contributed by atoms with Crippen molar-refractivity contribution in [1.29, 1.82) is 0 Å². The summed E-state index contributed by atoms with van der Waals surface area (Å²) in [6.07, 6.45) is -0.506. The van der Waals surface area contributed by atoms with Crippen molar-refractivity contribution in [1.82, 2.24) is 9.97 Å². The normalized spacial score (nSPS) is 12.3. The predicted molar refractivity (Wildman–Crippen MR) is 78.3 cm³/mol. The second-order valence-corrected chi connectivity index (χ2v) is 4.89. The fourth-order valence-corrected chi connectivity index (χ4v) is 1.90. The number of nitrogens with zero attached hydrogens (tertiary/aromatic N) is 2. The van der Waals surface area contributed by atoms with Gasteiger partial charge in [0, 0.05) is 24.4 Å². The van der Waals surface area contributed by atoms with Crippen LogP contribution in [0.3, 0.4) is 0 Å². The maximum Gasteiger partial charge on any atom is 0.170 e. The van der Waals surface area contributed by atoms with Gasteiger partial charge in [-0.15, -0.1) is 0 Å². The molecule has 1 atom stereocenters. The zero-order chi connectivity index (χ0) is 17.0. The third-order valence-corrected chi connectivity index (χ3v) is 3.10. The Morgan fingerprint density at radius 2 is 1.91 bits per heavy atom. The standard InChI is InChI=1S/C15H16F3N3O2/c1-2-9-5-13(19-6-10(23)7-22)21-15(20-9)11-3-8(16)4-12(17)14(11)18/h3-5,10,22-23H,2,6-7H2,1H3,(H,19,20,21). The number of aliphatic hydroxyl groups excluding tert-OH is 2. The average molecular weight is 327 g/mol. The van der Waals surface area contributed by atoms with Crippen LogP contribution in [0.15, 0.2) is 18.2 Å². The van der Waals surface area contributed by atoms with E-state index in [4.69, 9.17) is 5.11 Å². The summed E-state index contributed by atoms with van der Waals surface area (Å²) in [5, 5.41) is 20.9. The number of rotatable bonds is 6. The molecule has 0 fully saturated rings. The topological polar surface area (TPSA) is 78.3 Å². The molecule has 1 aromatic heterocycles. The molecule has 2 aromatic rings. The summed E-state index contributed by atoms with van der Waals surface area (Å²) in [5.41, 5.74) is 0.142. The molecule has 0 saturated carbocycles. The van der Waals surface area contributed by atoms with Gasteiger partial charge < -0.3 is 15.5 Å². The van der Waals surface area contributed by atoms with Gasteiger partial charge in [-0.3, -0.25) is 0 Å². The van der Waals surface area contributed by atoms with Crippen molar-refractivity contribution in [2.75, 3.05) is 18.5 Å². The first-order chi connectivity index (χ1) is 10.9. The van der Waals surface area contributed by atoms with Crippen LogP contribution in [0.5, 0.6) is 0 Å². The zero-order valence-electron chi connectivity index (χ0n) is 12.4. The molecule has 0 aliphatic heterocycles. The smallest absolute Gasteiger partial charge is 0.170 e. The van der Waals surface area contributed by atoms with Crippen molar-refractivity contribution in [2.45, 2.75) is 19.4 Å². The van der Waals surface area contributed by atoms with Crippen molar-refractivity contribution in [3.63, 3.8) is 0 Å². The summed E-state index contributed by atoms with van der Waals surface area (Å²) >= 11 is 0. The van der Waals surface area contributed by atoms with Crippen LogP contribution >= 0.6 is 0 Å². The van der Waals surface area contributed by atoms with Gasteiger partial charge in [-0.25, -0.2) is 23.1 Å². The van der Waals surface area contributed by atoms with E-state index < -0.39 is 30.2 Å². The van der Waals surface area contributed by atoms with Crippen LogP contribution in [-0.2, 0) is 6.42 Å². The van der Waals surface area contributed by atoms with Crippen molar-refractivity contribution < 1.29 is 23.4 Å². The van der Waals surface area contributed by atoms with Gasteiger partial charge in [-0.05, 0) is 12.5 Å². The first-order valence-electron chi connectivity index (χ1n) is 7.00. The van der Waals surface area contributed by atoms with Crippen LogP contribution in [0.4, 0.5) is 19.0 Å². The van der Waals surface area contributed by atoms with E-state index >= 15 is 0 Å². The highest BCUT2D eigenvalue weighted by Crippen LogP contribution is 2.24. The molecule has 0 saturated heterocycles. The van der Waals surface area contributed by atoms with Crippen LogP contribution in [0.2, 0.25) is 0 Å². The fourth-order valence-electron chi connectivity index (χ4n) is 1.90. The van der Waals surface area contributed by atoms with E-state index in [0.717, 1.165) is 6.07 Å². The van der Waals surface area contributed by atoms with Crippen molar-refractivity contribution >= 4 is 5.82 Å². The third-order valence-electron chi connectivity index (χ3n) is 3.10. The van der Waals surface area contributed by atoms with Crippen LogP contribution in [0, 0.1) is 17.5 Å². The van der Waals surface area contributed by atoms with Gasteiger partial charge in [0.15, 0.2) is 17.5 Å². The lowest BCUT2D eigenvalue weighted by Gasteiger charge is -2.12. The van der Waals surface area contributed by atoms with Gasteiger partial charge in [0.1, 0.15) is 11.6 Å². The molecule has 5 nitrogen and oxygen atoms in total. The van der Waals surface area contributed by atoms with E-state index in [1.165, 1.54) is 0 Å². The van der Waals surface area contributed by atoms with Crippen LogP contribution in [0.1, 0.15) is 12.6 Å². The van der Waals surface area contributed by atoms with Crippen molar-refractivity contribution in [2.24, 2.45) is 0 Å². The molecule has 124 valence electrons. The third kappa shape index (κ3) is 4.17. The molecule has 0 bridgehead atoms. The molecule has 0 radical (unpaired) electrons. The molecule has 2 rings (SSSR count). The molecule has 1 aromatic carbocycles. The Hall–Kier alpha value is -2.19. The second kappa shape index (κ2) is 7.38. The number of hydrogen-bond donors (Lipinski definition) is 3. The number of hydrogen-bond acceptors (Lipinski definition) is 5. The number of anilines is 1. The minimum Gasteiger partial charge on any atom is -0.394 e. The highest BCUT2D eigenvalue weighted by atomic mass is 19.2. The molecular weight excluding hydrogens is 311 g/mol. The molecule has 3 N–H and O–H groups in total. The van der Waals surface area contributed by atoms with E-state index in [9.17, 15) is 18.3 Å². The van der Waals surface area contributed by atoms with E-state index in [1.807, 2.05) is 0 Å². The Bertz CT molecular complexity index is 698. The molecule has 0 aliphatic carbocycles. The molecule has 0 amide bonds. The van der Waals surface area contributed by atoms with Crippen molar-refractivity contribution in [3.05, 3.63) is 41.3 Å². The number of halogens is 3. The zero-order valence-corrected chi connectivity index (χ0v) is 12.4. The van der Waals surface area contributed by atoms with Crippen LogP contribution in [0.25, 0.3) is 11.4 Å². The summed E-state index contributed by atoms with van der Waals surface area (Å²) in [5.74, 6) is -3.41. The van der Waals surface area contributed by atoms with E-state index in [0.29, 0.717) is 18.2 Å². The Morgan fingerprint density at radius 1 is 1.17 bits per heavy atom. The van der Waals surface area contributed by atoms with Gasteiger partial charge in [0.05, 0.1) is 18.3 Å². The lowest BCUT2D eigenvalue weighted by atomic mass is 10.1. The van der Waals surface area contributed by atoms with Gasteiger partial charge in [0.25, 0.3) is 0 Å². The van der Waals surface area contributed by atoms with Gasteiger partial charge in [0.2, 0.25) is 0 Å². The Morgan fingerprint density at radius 3 is 2.57 bits per heavy atom. The monoisotopic (exact) mass is 327 g/mol. The number of benzene rings is 1. The quantitative estimate of drug-likeness (QED) is 0.706. The number of aliphatic hydroxyl groups is 2.